The molecule has 3 aliphatic heterocycles. The molecule has 9 heteroatoms. The van der Waals surface area contributed by atoms with Gasteiger partial charge in [-0.2, -0.15) is 0 Å². The molecule has 3 rings (SSSR count). The summed E-state index contributed by atoms with van der Waals surface area (Å²) < 4.78 is 5.28. The summed E-state index contributed by atoms with van der Waals surface area (Å²) in [7, 11) is 0. The molecule has 3 heterocycles. The van der Waals surface area contributed by atoms with Crippen molar-refractivity contribution in [1.29, 1.82) is 0 Å². The monoisotopic (exact) mass is 282 g/mol. The maximum absolute atomic E-state index is 11.5. The molecule has 2 unspecified atom stereocenters. The second-order valence-electron chi connectivity index (χ2n) is 5.12. The first-order valence-electron chi connectivity index (χ1n) is 6.55. The topological polar surface area (TPSA) is 139 Å². The zero-order valence-corrected chi connectivity index (χ0v) is 11.1. The first kappa shape index (κ1) is 13.0. The molecule has 0 aromatic carbocycles. The Hall–Kier alpha value is -2.03. The lowest BCUT2D eigenvalue weighted by atomic mass is 9.94. The summed E-state index contributed by atoms with van der Waals surface area (Å²) in [6.45, 7) is 2.29. The van der Waals surface area contributed by atoms with Crippen LogP contribution in [0, 0.1) is 0 Å². The number of aliphatic hydroxyl groups excluding tert-OH is 1. The Labute approximate surface area is 115 Å². The smallest absolute Gasteiger partial charge is 0.305 e. The third kappa shape index (κ3) is 1.56. The average Bonchev–Trinajstić information content (AvgIpc) is 2.89. The van der Waals surface area contributed by atoms with E-state index < -0.39 is 17.9 Å². The van der Waals surface area contributed by atoms with Crippen LogP contribution in [0.15, 0.2) is 9.98 Å². The zero-order chi connectivity index (χ0) is 14.5. The minimum atomic E-state index is -0.984. The number of nitrogens with one attached hydrogen (secondary N) is 1. The largest absolute Gasteiger partial charge is 0.458 e. The summed E-state index contributed by atoms with van der Waals surface area (Å²) in [5, 5.41) is 13.6. The molecule has 1 fully saturated rings. The van der Waals surface area contributed by atoms with Crippen LogP contribution in [0.25, 0.3) is 0 Å². The summed E-state index contributed by atoms with van der Waals surface area (Å²) in [5.41, 5.74) is 10.7. The molecule has 110 valence electrons. The molecule has 0 aromatic heterocycles. The van der Waals surface area contributed by atoms with Crippen LogP contribution >= 0.6 is 0 Å². The van der Waals surface area contributed by atoms with Crippen LogP contribution in [0.4, 0.5) is 0 Å². The third-order valence-electron chi connectivity index (χ3n) is 4.02. The Morgan fingerprint density at radius 1 is 1.65 bits per heavy atom. The summed E-state index contributed by atoms with van der Waals surface area (Å²) in [5.74, 6) is 0.142. The number of aliphatic imine (C=N–C) groups is 2. The number of aliphatic hydroxyl groups is 1. The van der Waals surface area contributed by atoms with Gasteiger partial charge in [0.2, 0.25) is 0 Å². The van der Waals surface area contributed by atoms with E-state index in [0.29, 0.717) is 6.54 Å². The lowest BCUT2D eigenvalue weighted by Crippen LogP contribution is -2.70. The molecule has 20 heavy (non-hydrogen) atoms. The molecule has 9 nitrogen and oxygen atoms in total. The van der Waals surface area contributed by atoms with Crippen molar-refractivity contribution in [1.82, 2.24) is 10.2 Å². The first-order chi connectivity index (χ1) is 9.49. The molecule has 0 saturated carbocycles. The van der Waals surface area contributed by atoms with E-state index in [1.54, 1.807) is 11.8 Å². The molecule has 0 aliphatic carbocycles. The van der Waals surface area contributed by atoms with Gasteiger partial charge in [-0.3, -0.25) is 9.79 Å². The number of carbonyl (C=O) groups is 1. The fourth-order valence-corrected chi connectivity index (χ4v) is 3.06. The minimum Gasteiger partial charge on any atom is -0.458 e. The van der Waals surface area contributed by atoms with Crippen LogP contribution in [0.3, 0.4) is 0 Å². The van der Waals surface area contributed by atoms with E-state index in [0.717, 1.165) is 0 Å². The number of nitrogens with two attached hydrogens (primary N) is 2. The number of carbonyl (C=O) groups excluding carboxylic acids is 1. The van der Waals surface area contributed by atoms with Crippen LogP contribution in [0.1, 0.15) is 13.3 Å². The minimum absolute atomic E-state index is 0.228. The molecule has 1 spiro atoms. The summed E-state index contributed by atoms with van der Waals surface area (Å²) in [6, 6.07) is -0.352. The number of esters is 1. The predicted octanol–water partition coefficient (Wildman–Crippen LogP) is -2.70. The SMILES string of the molecule is CCC(=O)O[C@@H]1CN2C(N)=NCC3N=C(N)NC32[C@@H]1O. The Bertz CT molecular complexity index is 506. The van der Waals surface area contributed by atoms with Gasteiger partial charge < -0.3 is 31.5 Å². The lowest BCUT2D eigenvalue weighted by Gasteiger charge is -2.43. The maximum Gasteiger partial charge on any atom is 0.305 e. The quantitative estimate of drug-likeness (QED) is 0.404. The molecule has 1 saturated heterocycles. The van der Waals surface area contributed by atoms with E-state index in [9.17, 15) is 9.90 Å². The van der Waals surface area contributed by atoms with Crippen molar-refractivity contribution in [2.24, 2.45) is 21.5 Å². The molecule has 0 amide bonds. The summed E-state index contributed by atoms with van der Waals surface area (Å²) in [6.07, 6.45) is -1.43. The maximum atomic E-state index is 11.5. The van der Waals surface area contributed by atoms with Gasteiger partial charge in [0.1, 0.15) is 18.2 Å². The lowest BCUT2D eigenvalue weighted by molar-refractivity contribution is -0.153. The Balaban J connectivity index is 1.92. The number of ether oxygens (including phenoxy) is 1. The van der Waals surface area contributed by atoms with E-state index in [-0.39, 0.29) is 36.9 Å². The average molecular weight is 282 g/mol. The highest BCUT2D eigenvalue weighted by atomic mass is 16.6. The summed E-state index contributed by atoms with van der Waals surface area (Å²) in [4.78, 5) is 21.6. The molecular formula is C11H18N6O3. The van der Waals surface area contributed by atoms with Crippen LogP contribution in [-0.4, -0.2) is 64.9 Å². The third-order valence-corrected chi connectivity index (χ3v) is 4.02. The highest BCUT2D eigenvalue weighted by Crippen LogP contribution is 2.38. The standard InChI is InChI=1S/C11H18N6O3/c1-2-7(18)20-5-4-17-10(13)14-3-6-11(17,8(5)19)16-9(12)15-6/h5-6,8,19H,2-4H2,1H3,(H2,13,14)(H3,12,15,16)/t5-,6?,8-,11?/m1/s1. The second kappa shape index (κ2) is 4.23. The number of nitrogens with zero attached hydrogens (tertiary/aromatic N) is 3. The van der Waals surface area contributed by atoms with Crippen LogP contribution < -0.4 is 16.8 Å². The second-order valence-corrected chi connectivity index (χ2v) is 5.12. The highest BCUT2D eigenvalue weighted by molar-refractivity contribution is 5.86. The number of rotatable bonds is 2. The van der Waals surface area contributed by atoms with Gasteiger partial charge in [-0.05, 0) is 0 Å². The molecular weight excluding hydrogens is 264 g/mol. The fraction of sp³-hybridized carbons (Fsp3) is 0.727. The Kier molecular flexibility index (Phi) is 2.75. The highest BCUT2D eigenvalue weighted by Gasteiger charge is 2.64. The van der Waals surface area contributed by atoms with Gasteiger partial charge in [0.15, 0.2) is 17.6 Å². The van der Waals surface area contributed by atoms with Gasteiger partial charge in [0, 0.05) is 6.42 Å². The van der Waals surface area contributed by atoms with Gasteiger partial charge >= 0.3 is 5.97 Å². The van der Waals surface area contributed by atoms with Gasteiger partial charge in [-0.15, -0.1) is 0 Å². The van der Waals surface area contributed by atoms with Crippen molar-refractivity contribution in [3.8, 4) is 0 Å². The Morgan fingerprint density at radius 2 is 2.40 bits per heavy atom. The predicted molar refractivity (Wildman–Crippen MR) is 70.7 cm³/mol. The van der Waals surface area contributed by atoms with E-state index >= 15 is 0 Å². The van der Waals surface area contributed by atoms with E-state index in [1.807, 2.05) is 0 Å². The van der Waals surface area contributed by atoms with E-state index in [1.165, 1.54) is 0 Å². The van der Waals surface area contributed by atoms with E-state index in [4.69, 9.17) is 16.2 Å². The molecule has 3 aliphatic rings. The van der Waals surface area contributed by atoms with Crippen molar-refractivity contribution >= 4 is 17.9 Å². The van der Waals surface area contributed by atoms with Gasteiger partial charge in [0.25, 0.3) is 0 Å². The molecule has 4 atom stereocenters. The fourth-order valence-electron chi connectivity index (χ4n) is 3.06. The van der Waals surface area contributed by atoms with Crippen molar-refractivity contribution in [2.45, 2.75) is 37.3 Å². The van der Waals surface area contributed by atoms with Crippen molar-refractivity contribution < 1.29 is 14.6 Å². The van der Waals surface area contributed by atoms with Crippen molar-refractivity contribution in [2.75, 3.05) is 13.1 Å². The van der Waals surface area contributed by atoms with Gasteiger partial charge in [0.05, 0.1) is 13.1 Å². The normalized spacial score (nSPS) is 38.5. The number of hydrogen-bond acceptors (Lipinski definition) is 9. The number of guanidine groups is 2. The van der Waals surface area contributed by atoms with Crippen molar-refractivity contribution in [3.63, 3.8) is 0 Å². The number of hydrogen-bond donors (Lipinski definition) is 4. The molecule has 0 aromatic rings. The Morgan fingerprint density at radius 3 is 3.10 bits per heavy atom. The van der Waals surface area contributed by atoms with Crippen LogP contribution in [0.2, 0.25) is 0 Å². The van der Waals surface area contributed by atoms with Crippen molar-refractivity contribution in [3.05, 3.63) is 0 Å². The molecule has 0 bridgehead atoms. The van der Waals surface area contributed by atoms with Gasteiger partial charge in [-0.25, -0.2) is 4.99 Å². The first-order valence-corrected chi connectivity index (χ1v) is 6.55. The van der Waals surface area contributed by atoms with E-state index in [2.05, 4.69) is 15.3 Å². The van der Waals surface area contributed by atoms with Crippen LogP contribution in [-0.2, 0) is 9.53 Å². The zero-order valence-electron chi connectivity index (χ0n) is 11.1. The molecule has 6 N–H and O–H groups in total. The van der Waals surface area contributed by atoms with Gasteiger partial charge in [-0.1, -0.05) is 6.92 Å². The molecule has 0 radical (unpaired) electrons. The van der Waals surface area contributed by atoms with Crippen LogP contribution in [0.5, 0.6) is 0 Å². The summed E-state index contributed by atoms with van der Waals surface area (Å²) >= 11 is 0.